The molecule has 2 aromatic carbocycles. The third-order valence-corrected chi connectivity index (χ3v) is 3.54. The smallest absolute Gasteiger partial charge is 0.256 e. The minimum Gasteiger partial charge on any atom is -0.322 e. The predicted molar refractivity (Wildman–Crippen MR) is 82.7 cm³/mol. The molecule has 21 heavy (non-hydrogen) atoms. The molecule has 1 amide bonds. The normalized spacial score (nSPS) is 9.52. The first kappa shape index (κ1) is 14.8. The van der Waals surface area contributed by atoms with Crippen LogP contribution in [-0.2, 0) is 0 Å². The van der Waals surface area contributed by atoms with Gasteiger partial charge in [-0.05, 0) is 58.7 Å². The molecule has 0 aromatic heterocycles. The molecule has 0 saturated heterocycles. The largest absolute Gasteiger partial charge is 0.322 e. The van der Waals surface area contributed by atoms with E-state index in [0.717, 1.165) is 5.56 Å². The highest BCUT2D eigenvalue weighted by Gasteiger charge is 2.11. The summed E-state index contributed by atoms with van der Waals surface area (Å²) < 4.78 is 0.703. The highest BCUT2D eigenvalue weighted by Crippen LogP contribution is 2.21. The van der Waals surface area contributed by atoms with Gasteiger partial charge in [-0.15, -0.1) is 0 Å². The number of hydrogen-bond donors (Lipinski definition) is 1. The van der Waals surface area contributed by atoms with Crippen LogP contribution in [0.25, 0.3) is 0 Å². The summed E-state index contributed by atoms with van der Waals surface area (Å²) in [6.45, 7) is 1.94. The third kappa shape index (κ3) is 3.28. The van der Waals surface area contributed by atoms with Crippen LogP contribution in [0.4, 0.5) is 5.69 Å². The maximum atomic E-state index is 12.2. The number of nitrogens with zero attached hydrogens (tertiary/aromatic N) is 2. The molecule has 2 rings (SSSR count). The lowest BCUT2D eigenvalue weighted by Gasteiger charge is -2.08. The monoisotopic (exact) mass is 339 g/mol. The number of hydrogen-bond acceptors (Lipinski definition) is 3. The molecule has 4 nitrogen and oxygen atoms in total. The van der Waals surface area contributed by atoms with E-state index >= 15 is 0 Å². The Morgan fingerprint density at radius 1 is 1.10 bits per heavy atom. The van der Waals surface area contributed by atoms with E-state index in [0.29, 0.717) is 15.7 Å². The van der Waals surface area contributed by atoms with Crippen LogP contribution in [0.2, 0.25) is 0 Å². The highest BCUT2D eigenvalue weighted by molar-refractivity contribution is 9.10. The fourth-order valence-electron chi connectivity index (χ4n) is 1.81. The van der Waals surface area contributed by atoms with Gasteiger partial charge in [-0.1, -0.05) is 6.07 Å². The van der Waals surface area contributed by atoms with Crippen LogP contribution in [-0.4, -0.2) is 5.91 Å². The van der Waals surface area contributed by atoms with E-state index in [4.69, 9.17) is 10.5 Å². The maximum Gasteiger partial charge on any atom is 0.256 e. The van der Waals surface area contributed by atoms with Crippen LogP contribution < -0.4 is 5.32 Å². The van der Waals surface area contributed by atoms with Crippen molar-refractivity contribution in [1.29, 1.82) is 10.5 Å². The van der Waals surface area contributed by atoms with Gasteiger partial charge in [0.15, 0.2) is 0 Å². The van der Waals surface area contributed by atoms with Crippen molar-refractivity contribution in [2.24, 2.45) is 0 Å². The lowest BCUT2D eigenvalue weighted by atomic mass is 10.1. The lowest BCUT2D eigenvalue weighted by Crippen LogP contribution is -2.12. The topological polar surface area (TPSA) is 76.7 Å². The Labute approximate surface area is 130 Å². The van der Waals surface area contributed by atoms with Gasteiger partial charge in [0.1, 0.15) is 12.1 Å². The van der Waals surface area contributed by atoms with Crippen LogP contribution in [0.1, 0.15) is 27.0 Å². The number of aryl methyl sites for hydroxylation is 1. The van der Waals surface area contributed by atoms with E-state index in [-0.39, 0.29) is 17.0 Å². The Bertz CT molecular complexity index is 800. The first-order valence-electron chi connectivity index (χ1n) is 6.07. The summed E-state index contributed by atoms with van der Waals surface area (Å²) in [4.78, 5) is 12.2. The summed E-state index contributed by atoms with van der Waals surface area (Å²) in [7, 11) is 0. The van der Waals surface area contributed by atoms with Crippen LogP contribution in [0.5, 0.6) is 0 Å². The molecule has 0 unspecified atom stereocenters. The summed E-state index contributed by atoms with van der Waals surface area (Å²) in [5, 5.41) is 20.6. The standard InChI is InChI=1S/C16H10BrN3O/c1-10-2-5-14(15(17)6-10)16(21)20-13-4-3-11(8-18)12(7-13)9-19/h2-7H,1H3,(H,20,21). The van der Waals surface area contributed by atoms with E-state index < -0.39 is 0 Å². The van der Waals surface area contributed by atoms with Gasteiger partial charge in [0.2, 0.25) is 0 Å². The number of benzene rings is 2. The Morgan fingerprint density at radius 3 is 2.43 bits per heavy atom. The van der Waals surface area contributed by atoms with Gasteiger partial charge < -0.3 is 5.32 Å². The van der Waals surface area contributed by atoms with Crippen LogP contribution in [0, 0.1) is 29.6 Å². The molecular weight excluding hydrogens is 330 g/mol. The van der Waals surface area contributed by atoms with Crippen molar-refractivity contribution >= 4 is 27.5 Å². The minimum atomic E-state index is -0.282. The fraction of sp³-hybridized carbons (Fsp3) is 0.0625. The number of amides is 1. The number of carbonyl (C=O) groups is 1. The summed E-state index contributed by atoms with van der Waals surface area (Å²) >= 11 is 3.36. The number of rotatable bonds is 2. The number of carbonyl (C=O) groups excluding carboxylic acids is 1. The van der Waals surface area contributed by atoms with Crippen molar-refractivity contribution in [3.05, 3.63) is 63.1 Å². The summed E-state index contributed by atoms with van der Waals surface area (Å²) in [5.74, 6) is -0.282. The molecule has 0 saturated carbocycles. The van der Waals surface area contributed by atoms with Crippen molar-refractivity contribution in [1.82, 2.24) is 0 Å². The van der Waals surface area contributed by atoms with Crippen LogP contribution in [0.3, 0.4) is 0 Å². The van der Waals surface area contributed by atoms with Crippen molar-refractivity contribution in [3.8, 4) is 12.1 Å². The summed E-state index contributed by atoms with van der Waals surface area (Å²) in [5.41, 5.74) is 2.54. The Hall–Kier alpha value is -2.63. The first-order valence-corrected chi connectivity index (χ1v) is 6.86. The Balaban J connectivity index is 2.28. The second-order valence-corrected chi connectivity index (χ2v) is 5.28. The van der Waals surface area contributed by atoms with E-state index in [1.54, 1.807) is 12.1 Å². The number of anilines is 1. The van der Waals surface area contributed by atoms with Gasteiger partial charge in [0, 0.05) is 10.2 Å². The number of nitriles is 2. The lowest BCUT2D eigenvalue weighted by molar-refractivity contribution is 0.102. The quantitative estimate of drug-likeness (QED) is 0.904. The summed E-state index contributed by atoms with van der Waals surface area (Å²) in [6, 6.07) is 13.9. The van der Waals surface area contributed by atoms with Gasteiger partial charge >= 0.3 is 0 Å². The molecule has 0 radical (unpaired) electrons. The molecule has 1 N–H and O–H groups in total. The van der Waals surface area contributed by atoms with Crippen LogP contribution in [0.15, 0.2) is 40.9 Å². The molecule has 102 valence electrons. The highest BCUT2D eigenvalue weighted by atomic mass is 79.9. The van der Waals surface area contributed by atoms with Crippen LogP contribution >= 0.6 is 15.9 Å². The summed E-state index contributed by atoms with van der Waals surface area (Å²) in [6.07, 6.45) is 0. The van der Waals surface area contributed by atoms with Gasteiger partial charge in [-0.3, -0.25) is 4.79 Å². The molecule has 0 atom stereocenters. The maximum absolute atomic E-state index is 12.2. The van der Waals surface area contributed by atoms with Gasteiger partial charge in [0.05, 0.1) is 16.7 Å². The van der Waals surface area contributed by atoms with E-state index in [9.17, 15) is 4.79 Å². The van der Waals surface area contributed by atoms with Crippen molar-refractivity contribution < 1.29 is 4.79 Å². The third-order valence-electron chi connectivity index (χ3n) is 2.89. The average molecular weight is 340 g/mol. The van der Waals surface area contributed by atoms with Gasteiger partial charge in [-0.25, -0.2) is 0 Å². The number of halogens is 1. The molecule has 0 bridgehead atoms. The molecular formula is C16H10BrN3O. The zero-order valence-electron chi connectivity index (χ0n) is 11.1. The average Bonchev–Trinajstić information content (AvgIpc) is 2.46. The number of nitrogens with one attached hydrogen (secondary N) is 1. The molecule has 2 aromatic rings. The zero-order valence-corrected chi connectivity index (χ0v) is 12.7. The first-order chi connectivity index (χ1) is 10.0. The molecule has 0 heterocycles. The molecule has 0 spiro atoms. The molecule has 0 fully saturated rings. The zero-order chi connectivity index (χ0) is 15.4. The van der Waals surface area contributed by atoms with Gasteiger partial charge in [0.25, 0.3) is 5.91 Å². The second kappa shape index (κ2) is 6.21. The fourth-order valence-corrected chi connectivity index (χ4v) is 2.49. The second-order valence-electron chi connectivity index (χ2n) is 4.42. The van der Waals surface area contributed by atoms with E-state index in [1.165, 1.54) is 12.1 Å². The van der Waals surface area contributed by atoms with Crippen molar-refractivity contribution in [3.63, 3.8) is 0 Å². The van der Waals surface area contributed by atoms with Gasteiger partial charge in [-0.2, -0.15) is 10.5 Å². The SMILES string of the molecule is Cc1ccc(C(=O)Nc2ccc(C#N)c(C#N)c2)c(Br)c1. The Morgan fingerprint density at radius 2 is 1.81 bits per heavy atom. The van der Waals surface area contributed by atoms with Crippen molar-refractivity contribution in [2.75, 3.05) is 5.32 Å². The van der Waals surface area contributed by atoms with E-state index in [2.05, 4.69) is 21.2 Å². The minimum absolute atomic E-state index is 0.235. The molecule has 0 aliphatic carbocycles. The molecule has 0 aliphatic heterocycles. The molecule has 5 heteroatoms. The predicted octanol–water partition coefficient (Wildman–Crippen LogP) is 3.75. The Kier molecular flexibility index (Phi) is 4.37. The van der Waals surface area contributed by atoms with Crippen molar-refractivity contribution in [2.45, 2.75) is 6.92 Å². The molecule has 0 aliphatic rings. The van der Waals surface area contributed by atoms with E-state index in [1.807, 2.05) is 31.2 Å².